The second-order valence-electron chi connectivity index (χ2n) is 6.49. The van der Waals surface area contributed by atoms with E-state index in [-0.39, 0.29) is 0 Å². The average Bonchev–Trinajstić information content (AvgIpc) is 2.50. The first kappa shape index (κ1) is 18.5. The minimum absolute atomic E-state index is 0.894. The Labute approximate surface area is 136 Å². The van der Waals surface area contributed by atoms with E-state index in [1.807, 2.05) is 0 Å². The molecule has 20 heavy (non-hydrogen) atoms. The topological polar surface area (TPSA) is 3.24 Å². The molecule has 2 heteroatoms. The first-order valence-corrected chi connectivity index (χ1v) is 10.3. The summed E-state index contributed by atoms with van der Waals surface area (Å²) in [5.41, 5.74) is 0. The van der Waals surface area contributed by atoms with Crippen molar-refractivity contribution in [3.8, 4) is 0 Å². The van der Waals surface area contributed by atoms with E-state index in [9.17, 15) is 0 Å². The fourth-order valence-corrected chi connectivity index (χ4v) is 3.94. The Morgan fingerprint density at radius 2 is 1.40 bits per heavy atom. The number of halogens is 1. The second kappa shape index (κ2) is 13.1. The summed E-state index contributed by atoms with van der Waals surface area (Å²) in [7, 11) is 0. The molecule has 0 amide bonds. The van der Waals surface area contributed by atoms with E-state index in [4.69, 9.17) is 0 Å². The Hall–Kier alpha value is 0.440. The van der Waals surface area contributed by atoms with Crippen molar-refractivity contribution in [2.75, 3.05) is 18.4 Å². The first-order valence-electron chi connectivity index (χ1n) is 9.18. The van der Waals surface area contributed by atoms with Crippen molar-refractivity contribution in [1.29, 1.82) is 0 Å². The van der Waals surface area contributed by atoms with Crippen molar-refractivity contribution in [2.45, 2.75) is 96.4 Å². The number of unbranched alkanes of at least 4 members (excludes halogenated alkanes) is 7. The molecule has 0 radical (unpaired) electrons. The lowest BCUT2D eigenvalue weighted by Gasteiger charge is -2.34. The fourth-order valence-electron chi connectivity index (χ4n) is 3.48. The van der Waals surface area contributed by atoms with E-state index in [1.54, 1.807) is 0 Å². The molecular weight excluding hydrogens is 310 g/mol. The largest absolute Gasteiger partial charge is 0.300 e. The van der Waals surface area contributed by atoms with Crippen molar-refractivity contribution >= 4 is 15.9 Å². The molecular formula is C18H36BrN. The Bertz CT molecular complexity index is 202. The van der Waals surface area contributed by atoms with Gasteiger partial charge in [0.2, 0.25) is 0 Å². The van der Waals surface area contributed by atoms with Crippen LogP contribution >= 0.6 is 15.9 Å². The molecule has 0 saturated heterocycles. The van der Waals surface area contributed by atoms with Crippen molar-refractivity contribution in [3.05, 3.63) is 0 Å². The minimum atomic E-state index is 0.894. The second-order valence-corrected chi connectivity index (χ2v) is 7.28. The molecule has 0 aromatic heterocycles. The monoisotopic (exact) mass is 345 g/mol. The quantitative estimate of drug-likeness (QED) is 0.302. The van der Waals surface area contributed by atoms with Gasteiger partial charge in [-0.2, -0.15) is 0 Å². The zero-order valence-electron chi connectivity index (χ0n) is 13.7. The van der Waals surface area contributed by atoms with Gasteiger partial charge in [-0.15, -0.1) is 0 Å². The summed E-state index contributed by atoms with van der Waals surface area (Å²) in [6.45, 7) is 4.89. The summed E-state index contributed by atoms with van der Waals surface area (Å²) in [5, 5.41) is 1.14. The number of alkyl halides is 1. The van der Waals surface area contributed by atoms with Crippen molar-refractivity contribution in [1.82, 2.24) is 4.90 Å². The molecule has 0 aliphatic heterocycles. The third-order valence-corrected chi connectivity index (χ3v) is 5.12. The molecule has 0 N–H and O–H groups in total. The van der Waals surface area contributed by atoms with E-state index in [0.29, 0.717) is 0 Å². The zero-order chi connectivity index (χ0) is 14.5. The molecule has 120 valence electrons. The molecule has 1 aliphatic carbocycles. The maximum Gasteiger partial charge on any atom is 0.0159 e. The molecule has 1 rings (SSSR count). The minimum Gasteiger partial charge on any atom is -0.300 e. The van der Waals surface area contributed by atoms with Crippen LogP contribution in [-0.4, -0.2) is 29.4 Å². The molecule has 0 atom stereocenters. The van der Waals surface area contributed by atoms with Gasteiger partial charge < -0.3 is 0 Å². The number of hydrogen-bond acceptors (Lipinski definition) is 1. The lowest BCUT2D eigenvalue weighted by molar-refractivity contribution is 0.162. The van der Waals surface area contributed by atoms with Crippen molar-refractivity contribution in [2.24, 2.45) is 0 Å². The van der Waals surface area contributed by atoms with Crippen molar-refractivity contribution < 1.29 is 0 Å². The summed E-state index contributed by atoms with van der Waals surface area (Å²) in [6.07, 6.45) is 18.8. The summed E-state index contributed by atoms with van der Waals surface area (Å²) in [5.74, 6) is 0. The zero-order valence-corrected chi connectivity index (χ0v) is 15.3. The Balaban J connectivity index is 2.03. The average molecular weight is 346 g/mol. The van der Waals surface area contributed by atoms with Crippen LogP contribution in [0.3, 0.4) is 0 Å². The third kappa shape index (κ3) is 8.67. The number of rotatable bonds is 12. The van der Waals surface area contributed by atoms with Gasteiger partial charge in [-0.3, -0.25) is 4.90 Å². The SMILES string of the molecule is CCCCCCCCCCN(CCBr)C1CCCCC1. The van der Waals surface area contributed by atoms with Gasteiger partial charge in [-0.05, 0) is 25.8 Å². The molecule has 1 saturated carbocycles. The predicted octanol–water partition coefficient (Wildman–Crippen LogP) is 6.16. The van der Waals surface area contributed by atoms with Gasteiger partial charge in [0.1, 0.15) is 0 Å². The molecule has 0 aromatic rings. The van der Waals surface area contributed by atoms with Gasteiger partial charge in [0.15, 0.2) is 0 Å². The molecule has 0 heterocycles. The van der Waals surface area contributed by atoms with Crippen LogP contribution in [0.25, 0.3) is 0 Å². The predicted molar refractivity (Wildman–Crippen MR) is 94.9 cm³/mol. The van der Waals surface area contributed by atoms with Crippen LogP contribution < -0.4 is 0 Å². The van der Waals surface area contributed by atoms with Gasteiger partial charge in [0, 0.05) is 17.9 Å². The highest BCUT2D eigenvalue weighted by Gasteiger charge is 2.19. The van der Waals surface area contributed by atoms with E-state index >= 15 is 0 Å². The highest BCUT2D eigenvalue weighted by molar-refractivity contribution is 9.09. The molecule has 1 aliphatic rings. The normalized spacial score (nSPS) is 16.9. The van der Waals surface area contributed by atoms with Gasteiger partial charge in [-0.25, -0.2) is 0 Å². The number of hydrogen-bond donors (Lipinski definition) is 0. The standard InChI is InChI=1S/C18H36BrN/c1-2-3-4-5-6-7-8-12-16-20(17-15-19)18-13-10-9-11-14-18/h18H,2-17H2,1H3. The third-order valence-electron chi connectivity index (χ3n) is 4.76. The fraction of sp³-hybridized carbons (Fsp3) is 1.00. The Kier molecular flexibility index (Phi) is 12.1. The highest BCUT2D eigenvalue weighted by atomic mass is 79.9. The van der Waals surface area contributed by atoms with Gasteiger partial charge in [0.05, 0.1) is 0 Å². The van der Waals surface area contributed by atoms with E-state index in [1.165, 1.54) is 96.6 Å². The summed E-state index contributed by atoms with van der Waals surface area (Å²) >= 11 is 3.63. The number of nitrogens with zero attached hydrogens (tertiary/aromatic N) is 1. The van der Waals surface area contributed by atoms with E-state index in [0.717, 1.165) is 11.4 Å². The lowest BCUT2D eigenvalue weighted by Crippen LogP contribution is -2.38. The summed E-state index contributed by atoms with van der Waals surface area (Å²) in [6, 6.07) is 0.894. The lowest BCUT2D eigenvalue weighted by atomic mass is 9.94. The molecule has 0 spiro atoms. The molecule has 1 nitrogen and oxygen atoms in total. The van der Waals surface area contributed by atoms with Crippen LogP contribution in [-0.2, 0) is 0 Å². The molecule has 0 aromatic carbocycles. The summed E-state index contributed by atoms with van der Waals surface area (Å²) in [4.78, 5) is 2.77. The smallest absolute Gasteiger partial charge is 0.0159 e. The molecule has 0 bridgehead atoms. The maximum absolute atomic E-state index is 3.63. The van der Waals surface area contributed by atoms with Crippen LogP contribution in [0.4, 0.5) is 0 Å². The van der Waals surface area contributed by atoms with Gasteiger partial charge >= 0.3 is 0 Å². The van der Waals surface area contributed by atoms with Crippen LogP contribution in [0.2, 0.25) is 0 Å². The Morgan fingerprint density at radius 3 is 2.00 bits per heavy atom. The van der Waals surface area contributed by atoms with Crippen LogP contribution in [0.15, 0.2) is 0 Å². The van der Waals surface area contributed by atoms with Gasteiger partial charge in [0.25, 0.3) is 0 Å². The van der Waals surface area contributed by atoms with Crippen LogP contribution in [0.5, 0.6) is 0 Å². The van der Waals surface area contributed by atoms with Gasteiger partial charge in [-0.1, -0.05) is 87.1 Å². The van der Waals surface area contributed by atoms with Crippen LogP contribution in [0.1, 0.15) is 90.4 Å². The molecule has 1 fully saturated rings. The summed E-state index contributed by atoms with van der Waals surface area (Å²) < 4.78 is 0. The molecule has 0 unspecified atom stereocenters. The highest BCUT2D eigenvalue weighted by Crippen LogP contribution is 2.23. The van der Waals surface area contributed by atoms with Crippen LogP contribution in [0, 0.1) is 0 Å². The van der Waals surface area contributed by atoms with E-state index in [2.05, 4.69) is 27.8 Å². The Morgan fingerprint density at radius 1 is 0.800 bits per heavy atom. The van der Waals surface area contributed by atoms with Crippen molar-refractivity contribution in [3.63, 3.8) is 0 Å². The first-order chi connectivity index (χ1) is 9.88. The van der Waals surface area contributed by atoms with E-state index < -0.39 is 0 Å². The maximum atomic E-state index is 3.63.